The fourth-order valence-corrected chi connectivity index (χ4v) is 4.24. The third-order valence-corrected chi connectivity index (χ3v) is 5.79. The van der Waals surface area contributed by atoms with Gasteiger partial charge in [-0.15, -0.1) is 0 Å². The number of para-hydroxylation sites is 1. The van der Waals surface area contributed by atoms with Gasteiger partial charge in [-0.2, -0.15) is 5.10 Å². The first kappa shape index (κ1) is 18.7. The van der Waals surface area contributed by atoms with E-state index in [9.17, 15) is 0 Å². The van der Waals surface area contributed by atoms with Crippen LogP contribution in [-0.4, -0.2) is 17.3 Å². The number of aromatic nitrogens is 1. The third kappa shape index (κ3) is 3.20. The Labute approximate surface area is 176 Å². The predicted octanol–water partition coefficient (Wildman–Crippen LogP) is 4.31. The van der Waals surface area contributed by atoms with Crippen molar-refractivity contribution in [1.82, 2.24) is 4.98 Å². The van der Waals surface area contributed by atoms with Crippen LogP contribution in [0.2, 0.25) is 0 Å². The Hall–Kier alpha value is -3.34. The van der Waals surface area contributed by atoms with Gasteiger partial charge in [-0.1, -0.05) is 44.2 Å². The number of benzene rings is 2. The van der Waals surface area contributed by atoms with Crippen molar-refractivity contribution in [3.05, 3.63) is 82.0 Å². The second kappa shape index (κ2) is 7.82. The molecular weight excluding hydrogens is 372 g/mol. The molecule has 0 aliphatic carbocycles. The summed E-state index contributed by atoms with van der Waals surface area (Å²) >= 11 is 0. The summed E-state index contributed by atoms with van der Waals surface area (Å²) in [6.07, 6.45) is 4.81. The maximum Gasteiger partial charge on any atom is 0.131 e. The molecule has 0 bridgehead atoms. The summed E-state index contributed by atoms with van der Waals surface area (Å²) in [5, 5.41) is 6.85. The molecule has 152 valence electrons. The number of aromatic amines is 1. The van der Waals surface area contributed by atoms with Crippen LogP contribution in [0.3, 0.4) is 0 Å². The Morgan fingerprint density at radius 3 is 2.70 bits per heavy atom. The molecular formula is C25H26N4O. The number of fused-ring (bicyclic) bond motifs is 1. The molecule has 0 spiro atoms. The minimum atomic E-state index is -0.0890. The molecule has 2 aromatic carbocycles. The zero-order valence-electron chi connectivity index (χ0n) is 17.4. The number of H-pyrrole nitrogens is 1. The number of nitrogens with one attached hydrogen (secondary N) is 2. The zero-order chi connectivity index (χ0) is 20.5. The number of hydrogen-bond donors (Lipinski definition) is 2. The molecule has 3 heterocycles. The first-order valence-corrected chi connectivity index (χ1v) is 10.7. The van der Waals surface area contributed by atoms with Crippen molar-refractivity contribution < 1.29 is 4.74 Å². The Morgan fingerprint density at radius 1 is 1.07 bits per heavy atom. The second-order valence-corrected chi connectivity index (χ2v) is 7.76. The molecule has 2 N–H and O–H groups in total. The van der Waals surface area contributed by atoms with Gasteiger partial charge < -0.3 is 9.72 Å². The van der Waals surface area contributed by atoms with E-state index < -0.39 is 0 Å². The Balaban J connectivity index is 1.68. The fraction of sp³-hybridized carbons (Fsp3) is 0.280. The lowest BCUT2D eigenvalue weighted by Gasteiger charge is -2.14. The molecule has 0 saturated carbocycles. The molecule has 1 unspecified atom stereocenters. The van der Waals surface area contributed by atoms with Gasteiger partial charge in [0.15, 0.2) is 0 Å². The maximum atomic E-state index is 5.77. The molecule has 0 radical (unpaired) electrons. The van der Waals surface area contributed by atoms with Crippen molar-refractivity contribution in [2.45, 2.75) is 39.2 Å². The van der Waals surface area contributed by atoms with Gasteiger partial charge in [-0.25, -0.2) is 0 Å². The van der Waals surface area contributed by atoms with E-state index in [1.807, 2.05) is 12.1 Å². The first-order valence-electron chi connectivity index (χ1n) is 10.7. The van der Waals surface area contributed by atoms with E-state index in [0.29, 0.717) is 0 Å². The van der Waals surface area contributed by atoms with Crippen molar-refractivity contribution in [1.29, 1.82) is 0 Å². The smallest absolute Gasteiger partial charge is 0.131 e. The van der Waals surface area contributed by atoms with Gasteiger partial charge in [0.2, 0.25) is 0 Å². The molecule has 30 heavy (non-hydrogen) atoms. The summed E-state index contributed by atoms with van der Waals surface area (Å²) in [6, 6.07) is 16.7. The first-order chi connectivity index (χ1) is 14.8. The average molecular weight is 399 g/mol. The lowest BCUT2D eigenvalue weighted by molar-refractivity contribution is 0.317. The summed E-state index contributed by atoms with van der Waals surface area (Å²) in [4.78, 5) is 8.62. The van der Waals surface area contributed by atoms with Crippen LogP contribution in [0.4, 0.5) is 5.82 Å². The highest BCUT2D eigenvalue weighted by molar-refractivity contribution is 5.98. The van der Waals surface area contributed by atoms with Crippen LogP contribution in [0, 0.1) is 0 Å². The van der Waals surface area contributed by atoms with Crippen LogP contribution < -0.4 is 20.7 Å². The van der Waals surface area contributed by atoms with E-state index in [1.54, 1.807) is 0 Å². The number of anilines is 1. The largest absolute Gasteiger partial charge is 0.494 e. The summed E-state index contributed by atoms with van der Waals surface area (Å²) in [6.45, 7) is 5.00. The molecule has 5 rings (SSSR count). The minimum Gasteiger partial charge on any atom is -0.494 e. The summed E-state index contributed by atoms with van der Waals surface area (Å²) < 4.78 is 5.77. The standard InChI is InChI=1S/C25H26N4O/c1-3-13-30-18-11-9-16(10-12-18)24-21-15-26-25-23(21)20(14-17(4-2)28-29-25)19-7-5-6-8-22(19)27-24/h5-12,15,24,26,29H,3-4,13-14H2,1-2H3. The van der Waals surface area contributed by atoms with Crippen LogP contribution in [0.15, 0.2) is 64.8 Å². The molecule has 0 amide bonds. The van der Waals surface area contributed by atoms with Gasteiger partial charge in [0.25, 0.3) is 0 Å². The molecule has 5 heteroatoms. The molecule has 0 saturated heterocycles. The van der Waals surface area contributed by atoms with Crippen molar-refractivity contribution in [2.75, 3.05) is 12.0 Å². The zero-order valence-corrected chi connectivity index (χ0v) is 17.4. The Kier molecular flexibility index (Phi) is 4.87. The predicted molar refractivity (Wildman–Crippen MR) is 121 cm³/mol. The second-order valence-electron chi connectivity index (χ2n) is 7.76. The van der Waals surface area contributed by atoms with Crippen molar-refractivity contribution in [3.8, 4) is 5.75 Å². The van der Waals surface area contributed by atoms with Gasteiger partial charge >= 0.3 is 0 Å². The van der Waals surface area contributed by atoms with Gasteiger partial charge in [-0.3, -0.25) is 10.4 Å². The molecule has 1 aromatic heterocycles. The van der Waals surface area contributed by atoms with E-state index >= 15 is 0 Å². The summed E-state index contributed by atoms with van der Waals surface area (Å²) in [5.74, 6) is 1.85. The van der Waals surface area contributed by atoms with E-state index in [1.165, 1.54) is 21.9 Å². The Morgan fingerprint density at radius 2 is 1.90 bits per heavy atom. The fourth-order valence-electron chi connectivity index (χ4n) is 4.24. The average Bonchev–Trinajstić information content (AvgIpc) is 3.04. The summed E-state index contributed by atoms with van der Waals surface area (Å²) in [7, 11) is 0. The lowest BCUT2D eigenvalue weighted by Crippen LogP contribution is -2.27. The monoisotopic (exact) mass is 398 g/mol. The molecule has 2 aliphatic rings. The normalized spacial score (nSPS) is 16.9. The highest BCUT2D eigenvalue weighted by atomic mass is 16.5. The number of rotatable bonds is 5. The maximum absolute atomic E-state index is 5.77. The molecule has 2 aliphatic heterocycles. The van der Waals surface area contributed by atoms with Gasteiger partial charge in [0, 0.05) is 34.7 Å². The molecule has 0 fully saturated rings. The number of hydrazone groups is 1. The van der Waals surface area contributed by atoms with E-state index in [-0.39, 0.29) is 6.04 Å². The molecule has 3 aromatic rings. The van der Waals surface area contributed by atoms with Crippen molar-refractivity contribution in [2.24, 2.45) is 10.1 Å². The van der Waals surface area contributed by atoms with Gasteiger partial charge in [0.05, 0.1) is 12.0 Å². The van der Waals surface area contributed by atoms with Crippen LogP contribution in [0.25, 0.3) is 5.57 Å². The number of nitrogens with zero attached hydrogens (tertiary/aromatic N) is 2. The van der Waals surface area contributed by atoms with Gasteiger partial charge in [0.1, 0.15) is 17.6 Å². The highest BCUT2D eigenvalue weighted by Crippen LogP contribution is 2.39. The Bertz CT molecular complexity index is 1220. The number of ether oxygens (including phenoxy) is 1. The minimum absolute atomic E-state index is 0.0890. The quantitative estimate of drug-likeness (QED) is 0.673. The van der Waals surface area contributed by atoms with Crippen LogP contribution >= 0.6 is 0 Å². The SMILES string of the molecule is CCCOc1ccc(C2N=c3ccccc3=C3CC(CC)=NNc4[nH]cc2c43)cc1. The summed E-state index contributed by atoms with van der Waals surface area (Å²) in [5.41, 5.74) is 9.22. The topological polar surface area (TPSA) is 61.8 Å². The van der Waals surface area contributed by atoms with Crippen molar-refractivity contribution >= 4 is 17.1 Å². The van der Waals surface area contributed by atoms with Crippen LogP contribution in [-0.2, 0) is 0 Å². The van der Waals surface area contributed by atoms with Crippen molar-refractivity contribution in [3.63, 3.8) is 0 Å². The molecule has 5 nitrogen and oxygen atoms in total. The van der Waals surface area contributed by atoms with E-state index in [0.717, 1.165) is 54.1 Å². The van der Waals surface area contributed by atoms with Crippen LogP contribution in [0.5, 0.6) is 5.75 Å². The van der Waals surface area contributed by atoms with E-state index in [4.69, 9.17) is 9.73 Å². The highest BCUT2D eigenvalue weighted by Gasteiger charge is 2.28. The molecule has 1 atom stereocenters. The number of hydrogen-bond acceptors (Lipinski definition) is 4. The van der Waals surface area contributed by atoms with Crippen LogP contribution in [0.1, 0.15) is 55.8 Å². The van der Waals surface area contributed by atoms with Gasteiger partial charge in [-0.05, 0) is 42.2 Å². The third-order valence-electron chi connectivity index (χ3n) is 5.79. The lowest BCUT2D eigenvalue weighted by atomic mass is 9.91. The van der Waals surface area contributed by atoms with E-state index in [2.05, 4.69) is 72.0 Å².